The predicted molar refractivity (Wildman–Crippen MR) is 319 cm³/mol. The predicted octanol–water partition coefficient (Wildman–Crippen LogP) is 15.6. The number of methoxy groups -OCH3 is 2. The number of aldehydes is 1. The van der Waals surface area contributed by atoms with Crippen LogP contribution in [-0.4, -0.2) is 53.6 Å². The van der Waals surface area contributed by atoms with E-state index in [4.69, 9.17) is 26.2 Å². The fourth-order valence-electron chi connectivity index (χ4n) is 7.84. The molecule has 0 saturated heterocycles. The topological polar surface area (TPSA) is 107 Å². The van der Waals surface area contributed by atoms with Crippen molar-refractivity contribution in [3.8, 4) is 23.0 Å². The van der Waals surface area contributed by atoms with E-state index in [0.717, 1.165) is 71.7 Å². The molecule has 0 aliphatic carbocycles. The Morgan fingerprint density at radius 1 is 0.442 bits per heavy atom. The number of benzene rings is 8. The maximum atomic E-state index is 12.1. The van der Waals surface area contributed by atoms with Crippen molar-refractivity contribution in [3.63, 3.8) is 0 Å². The summed E-state index contributed by atoms with van der Waals surface area (Å²) in [5.74, 6) is 4.63. The Labute approximate surface area is 469 Å². The first-order chi connectivity index (χ1) is 37.6. The number of hydrogen-bond donors (Lipinski definition) is 0. The van der Waals surface area contributed by atoms with Gasteiger partial charge in [-0.15, -0.1) is 23.5 Å². The molecule has 0 aromatic heterocycles. The molecule has 9 nitrogen and oxygen atoms in total. The first kappa shape index (κ1) is 59.8. The van der Waals surface area contributed by atoms with E-state index < -0.39 is 22.7 Å². The van der Waals surface area contributed by atoms with E-state index in [1.165, 1.54) is 33.4 Å². The number of aryl methyl sites for hydroxylation is 3. The molecule has 0 spiro atoms. The summed E-state index contributed by atoms with van der Waals surface area (Å²) in [5, 5.41) is 0.196. The molecule has 0 radical (unpaired) electrons. The summed E-state index contributed by atoms with van der Waals surface area (Å²) in [6.45, 7) is 6.75. The lowest BCUT2D eigenvalue weighted by atomic mass is 9.84. The van der Waals surface area contributed by atoms with Crippen LogP contribution in [0.3, 0.4) is 0 Å². The van der Waals surface area contributed by atoms with Crippen molar-refractivity contribution in [1.29, 1.82) is 0 Å². The highest BCUT2D eigenvalue weighted by atomic mass is 32.2. The van der Waals surface area contributed by atoms with E-state index in [1.807, 2.05) is 117 Å². The van der Waals surface area contributed by atoms with Gasteiger partial charge in [0, 0.05) is 5.56 Å². The fraction of sp³-hybridized carbons (Fsp3) is 0.234. The SMILES string of the molecule is COc1ccc(C(SCCCCOS(=O)Oc2ccc(C)cc2)c2ccc(OC)cc2)cc1.Cc1ccc(C=O)cc1.Cc1ccc(OS(=O)OCCCCSC(c2ccccc2)(c2ccccc2)c2ccccc2)cc1. The van der Waals surface area contributed by atoms with Crippen molar-refractivity contribution in [2.24, 2.45) is 0 Å². The van der Waals surface area contributed by atoms with Crippen LogP contribution >= 0.6 is 23.5 Å². The first-order valence-corrected chi connectivity index (χ1v) is 29.5. The Morgan fingerprint density at radius 2 is 0.792 bits per heavy atom. The van der Waals surface area contributed by atoms with Gasteiger partial charge in [0.2, 0.25) is 0 Å². The molecule has 0 N–H and O–H groups in total. The van der Waals surface area contributed by atoms with Gasteiger partial charge in [0.1, 0.15) is 29.3 Å². The number of ether oxygens (including phenoxy) is 2. The summed E-state index contributed by atoms with van der Waals surface area (Å²) in [4.78, 5) is 10.1. The molecule has 8 aromatic rings. The van der Waals surface area contributed by atoms with Gasteiger partial charge in [0.15, 0.2) is 0 Å². The van der Waals surface area contributed by atoms with Gasteiger partial charge >= 0.3 is 22.7 Å². The van der Waals surface area contributed by atoms with Gasteiger partial charge in [-0.3, -0.25) is 13.2 Å². The molecule has 8 aromatic carbocycles. The highest BCUT2D eigenvalue weighted by molar-refractivity contribution is 8.00. The fourth-order valence-corrected chi connectivity index (χ4v) is 11.8. The van der Waals surface area contributed by atoms with Gasteiger partial charge < -0.3 is 17.8 Å². The molecule has 77 heavy (non-hydrogen) atoms. The van der Waals surface area contributed by atoms with E-state index >= 15 is 0 Å². The van der Waals surface area contributed by atoms with Gasteiger partial charge in [-0.05, 0) is 134 Å². The third-order valence-corrected chi connectivity index (χ3v) is 16.4. The van der Waals surface area contributed by atoms with Crippen LogP contribution in [0.5, 0.6) is 23.0 Å². The minimum atomic E-state index is -1.80. The van der Waals surface area contributed by atoms with E-state index in [9.17, 15) is 13.2 Å². The van der Waals surface area contributed by atoms with Crippen LogP contribution in [0.15, 0.2) is 212 Å². The summed E-state index contributed by atoms with van der Waals surface area (Å²) in [6.07, 6.45) is 4.31. The van der Waals surface area contributed by atoms with E-state index in [0.29, 0.717) is 24.7 Å². The number of thioether (sulfide) groups is 2. The standard InChI is InChI=1S/C30H30O3S2.C26H30O5S2.C8H8O/c1-25-19-21-29(22-20-25)33-35(31)32-23-11-12-24-34-30(26-13-5-2-6-14-26,27-15-7-3-8-16-27)28-17-9-4-10-18-28;1-20-6-12-25(13-7-20)31-33(27)30-18-4-5-19-32-26(21-8-14-23(28-2)15-9-21)22-10-16-24(29-3)17-11-22;1-7-2-4-8(6-9)5-3-7/h2-10,13-22H,11-12,23-24H2,1H3;6-17,26H,4-5,18-19H2,1-3H3;2-6H,1H3. The van der Waals surface area contributed by atoms with Crippen molar-refractivity contribution in [1.82, 2.24) is 0 Å². The molecule has 0 saturated carbocycles. The Balaban J connectivity index is 0.000000215. The largest absolute Gasteiger partial charge is 0.497 e. The van der Waals surface area contributed by atoms with Crippen molar-refractivity contribution >= 4 is 52.5 Å². The molecule has 402 valence electrons. The van der Waals surface area contributed by atoms with Crippen LogP contribution in [-0.2, 0) is 35.8 Å². The second kappa shape index (κ2) is 33.0. The van der Waals surface area contributed by atoms with Crippen LogP contribution < -0.4 is 17.8 Å². The third-order valence-electron chi connectivity index (χ3n) is 12.0. The normalized spacial score (nSPS) is 11.7. The average Bonchev–Trinajstić information content (AvgIpc) is 3.48. The maximum absolute atomic E-state index is 12.1. The molecule has 0 aliphatic heterocycles. The molecule has 2 atom stereocenters. The average molecular weight is 1110 g/mol. The van der Waals surface area contributed by atoms with E-state index in [2.05, 4.69) is 115 Å². The minimum absolute atomic E-state index is 0.196. The van der Waals surface area contributed by atoms with Crippen LogP contribution in [0.4, 0.5) is 0 Å². The lowest BCUT2D eigenvalue weighted by Crippen LogP contribution is -2.26. The van der Waals surface area contributed by atoms with Crippen LogP contribution in [0, 0.1) is 20.8 Å². The Kier molecular flexibility index (Phi) is 25.6. The smallest absolute Gasteiger partial charge is 0.360 e. The summed E-state index contributed by atoms with van der Waals surface area (Å²) >= 11 is 0.217. The van der Waals surface area contributed by atoms with Gasteiger partial charge in [0.05, 0.1) is 37.4 Å². The van der Waals surface area contributed by atoms with Crippen molar-refractivity contribution in [2.75, 3.05) is 38.9 Å². The Morgan fingerprint density at radius 3 is 1.16 bits per heavy atom. The molecule has 2 unspecified atom stereocenters. The summed E-state index contributed by atoms with van der Waals surface area (Å²) < 4.78 is 55.7. The van der Waals surface area contributed by atoms with E-state index in [-0.39, 0.29) is 10.00 Å². The molecule has 0 amide bonds. The Bertz CT molecular complexity index is 2800. The molecule has 13 heteroatoms. The molecule has 0 aliphatic rings. The lowest BCUT2D eigenvalue weighted by Gasteiger charge is -2.35. The molecule has 8 rings (SSSR count). The number of carbonyl (C=O) groups is 1. The zero-order chi connectivity index (χ0) is 54.5. The van der Waals surface area contributed by atoms with Crippen molar-refractivity contribution in [2.45, 2.75) is 56.5 Å². The van der Waals surface area contributed by atoms with Crippen LogP contribution in [0.2, 0.25) is 0 Å². The third kappa shape index (κ3) is 19.8. The summed E-state index contributed by atoms with van der Waals surface area (Å²) in [5.41, 5.74) is 10.4. The monoisotopic (exact) mass is 1110 g/mol. The van der Waals surface area contributed by atoms with Crippen molar-refractivity contribution in [3.05, 3.63) is 262 Å². The van der Waals surface area contributed by atoms with Crippen LogP contribution in [0.1, 0.15) is 85.8 Å². The Hall–Kier alpha value is -6.45. The molecular formula is C64H68O9S4. The van der Waals surface area contributed by atoms with E-state index in [1.54, 1.807) is 38.5 Å². The molecular weight excluding hydrogens is 1040 g/mol. The minimum Gasteiger partial charge on any atom is -0.497 e. The zero-order valence-electron chi connectivity index (χ0n) is 44.3. The first-order valence-electron chi connectivity index (χ1n) is 25.4. The highest BCUT2D eigenvalue weighted by Crippen LogP contribution is 2.48. The van der Waals surface area contributed by atoms with Gasteiger partial charge in [-0.1, -0.05) is 180 Å². The lowest BCUT2D eigenvalue weighted by molar-refractivity contribution is 0.112. The maximum Gasteiger partial charge on any atom is 0.360 e. The van der Waals surface area contributed by atoms with Crippen molar-refractivity contribution < 1.29 is 39.4 Å². The van der Waals surface area contributed by atoms with Gasteiger partial charge in [-0.25, -0.2) is 0 Å². The highest BCUT2D eigenvalue weighted by Gasteiger charge is 2.36. The number of rotatable bonds is 26. The number of carbonyl (C=O) groups excluding carboxylic acids is 1. The quantitative estimate of drug-likeness (QED) is 0.0294. The zero-order valence-corrected chi connectivity index (χ0v) is 47.6. The van der Waals surface area contributed by atoms with Gasteiger partial charge in [-0.2, -0.15) is 8.42 Å². The molecule has 0 bridgehead atoms. The molecule has 0 heterocycles. The second-order valence-corrected chi connectivity index (χ2v) is 21.9. The van der Waals surface area contributed by atoms with Crippen LogP contribution in [0.25, 0.3) is 0 Å². The summed E-state index contributed by atoms with van der Waals surface area (Å²) in [7, 11) is 3.34. The number of hydrogen-bond acceptors (Lipinski definition) is 11. The molecule has 0 fully saturated rings. The number of unbranched alkanes of at least 4 members (excludes halogenated alkanes) is 2. The summed E-state index contributed by atoms with van der Waals surface area (Å²) in [6, 6.07) is 70.7. The van der Waals surface area contributed by atoms with Gasteiger partial charge in [0.25, 0.3) is 0 Å². The second-order valence-electron chi connectivity index (χ2n) is 17.7.